The van der Waals surface area contributed by atoms with E-state index in [1.807, 2.05) is 0 Å². The van der Waals surface area contributed by atoms with Gasteiger partial charge in [0.25, 0.3) is 0 Å². The van der Waals surface area contributed by atoms with E-state index >= 15 is 0 Å². The summed E-state index contributed by atoms with van der Waals surface area (Å²) in [5.41, 5.74) is 1.45. The van der Waals surface area contributed by atoms with Crippen molar-refractivity contribution < 1.29 is 23.5 Å². The summed E-state index contributed by atoms with van der Waals surface area (Å²) in [6.07, 6.45) is 0. The molecule has 146 valence electrons. The zero-order chi connectivity index (χ0) is 20.3. The monoisotopic (exact) mass is 422 g/mol. The smallest absolute Gasteiger partial charge is 0.345 e. The van der Waals surface area contributed by atoms with Crippen LogP contribution in [0.3, 0.4) is 0 Å². The minimum Gasteiger partial charge on any atom is -0.495 e. The second-order valence-corrected chi connectivity index (χ2v) is 6.39. The Hall–Kier alpha value is -2.90. The Morgan fingerprint density at radius 3 is 2.46 bits per heavy atom. The van der Waals surface area contributed by atoms with Gasteiger partial charge in [-0.3, -0.25) is 0 Å². The second kappa shape index (κ2) is 8.41. The van der Waals surface area contributed by atoms with Crippen LogP contribution in [0.5, 0.6) is 11.5 Å². The number of esters is 1. The molecule has 1 heterocycles. The van der Waals surface area contributed by atoms with Crippen LogP contribution < -0.4 is 14.8 Å². The summed E-state index contributed by atoms with van der Waals surface area (Å²) in [6.45, 7) is 0. The lowest BCUT2D eigenvalue weighted by Gasteiger charge is -2.13. The van der Waals surface area contributed by atoms with Crippen LogP contribution in [0.4, 0.5) is 11.6 Å². The van der Waals surface area contributed by atoms with Crippen molar-refractivity contribution in [2.75, 3.05) is 26.6 Å². The van der Waals surface area contributed by atoms with Gasteiger partial charge >= 0.3 is 5.97 Å². The number of hydrogen-bond donors (Lipinski definition) is 1. The molecule has 0 saturated carbocycles. The van der Waals surface area contributed by atoms with Crippen LogP contribution in [-0.2, 0) is 4.74 Å². The van der Waals surface area contributed by atoms with Gasteiger partial charge in [0.05, 0.1) is 32.0 Å². The van der Waals surface area contributed by atoms with Crippen LogP contribution >= 0.6 is 23.2 Å². The molecule has 0 fully saturated rings. The minimum absolute atomic E-state index is 0.0707. The molecular weight excluding hydrogens is 407 g/mol. The van der Waals surface area contributed by atoms with Crippen LogP contribution in [-0.4, -0.2) is 32.5 Å². The van der Waals surface area contributed by atoms with Gasteiger partial charge < -0.3 is 24.1 Å². The lowest BCUT2D eigenvalue weighted by molar-refractivity contribution is 0.0602. The predicted octanol–water partition coefficient (Wildman–Crippen LogP) is 5.20. The Morgan fingerprint density at radius 1 is 1.07 bits per heavy atom. The van der Waals surface area contributed by atoms with Gasteiger partial charge in [-0.2, -0.15) is 0 Å². The van der Waals surface area contributed by atoms with E-state index in [4.69, 9.17) is 41.9 Å². The highest BCUT2D eigenvalue weighted by Gasteiger charge is 2.26. The molecule has 0 aliphatic carbocycles. The highest BCUT2D eigenvalue weighted by Crippen LogP contribution is 2.39. The number of nitrogens with zero attached hydrogens (tertiary/aromatic N) is 1. The maximum absolute atomic E-state index is 12.4. The highest BCUT2D eigenvalue weighted by atomic mass is 35.5. The number of methoxy groups -OCH3 is 3. The molecular formula is C19H16Cl2N2O5. The normalized spacial score (nSPS) is 10.5. The van der Waals surface area contributed by atoms with E-state index in [-0.39, 0.29) is 17.1 Å². The van der Waals surface area contributed by atoms with Crippen LogP contribution in [0.1, 0.15) is 10.4 Å². The molecule has 28 heavy (non-hydrogen) atoms. The standard InChI is InChI=1S/C19H16Cl2N2O5/c1-25-14-9-15(26-2)13(8-12(14)21)22-18-16(19(24)27-3)17(23-28-18)10-5-4-6-11(20)7-10/h4-9,22H,1-3H3. The van der Waals surface area contributed by atoms with Crippen LogP contribution in [0, 0.1) is 0 Å². The Kier molecular flexibility index (Phi) is 5.96. The van der Waals surface area contributed by atoms with Gasteiger partial charge in [-0.1, -0.05) is 40.5 Å². The fraction of sp³-hybridized carbons (Fsp3) is 0.158. The van der Waals surface area contributed by atoms with Crippen molar-refractivity contribution in [2.24, 2.45) is 0 Å². The third-order valence-corrected chi connectivity index (χ3v) is 4.43. The van der Waals surface area contributed by atoms with Crippen molar-refractivity contribution in [3.05, 3.63) is 52.0 Å². The van der Waals surface area contributed by atoms with E-state index in [0.717, 1.165) is 0 Å². The first-order chi connectivity index (χ1) is 13.5. The summed E-state index contributed by atoms with van der Waals surface area (Å²) in [4.78, 5) is 12.4. The number of hydrogen-bond acceptors (Lipinski definition) is 7. The zero-order valence-corrected chi connectivity index (χ0v) is 16.7. The number of carbonyl (C=O) groups is 1. The number of carbonyl (C=O) groups excluding carboxylic acids is 1. The minimum atomic E-state index is -0.627. The van der Waals surface area contributed by atoms with Crippen molar-refractivity contribution in [1.29, 1.82) is 0 Å². The number of halogens is 2. The molecule has 3 aromatic rings. The van der Waals surface area contributed by atoms with Crippen LogP contribution in [0.2, 0.25) is 10.0 Å². The van der Waals surface area contributed by atoms with Crippen molar-refractivity contribution in [1.82, 2.24) is 5.16 Å². The molecule has 0 saturated heterocycles. The number of benzene rings is 2. The Bertz CT molecular complexity index is 1020. The van der Waals surface area contributed by atoms with E-state index in [0.29, 0.717) is 32.8 Å². The molecule has 0 spiro atoms. The van der Waals surface area contributed by atoms with Gasteiger partial charge in [-0.05, 0) is 18.2 Å². The fourth-order valence-electron chi connectivity index (χ4n) is 2.58. The second-order valence-electron chi connectivity index (χ2n) is 5.55. The first kappa shape index (κ1) is 19.9. The lowest BCUT2D eigenvalue weighted by Crippen LogP contribution is -2.06. The predicted molar refractivity (Wildman–Crippen MR) is 106 cm³/mol. The van der Waals surface area contributed by atoms with Crippen molar-refractivity contribution in [3.63, 3.8) is 0 Å². The first-order valence-electron chi connectivity index (χ1n) is 8.01. The van der Waals surface area contributed by atoms with E-state index in [9.17, 15) is 4.79 Å². The van der Waals surface area contributed by atoms with E-state index in [2.05, 4.69) is 10.5 Å². The summed E-state index contributed by atoms with van der Waals surface area (Å²) >= 11 is 12.2. The number of nitrogens with one attached hydrogen (secondary N) is 1. The van der Waals surface area contributed by atoms with E-state index in [1.165, 1.54) is 21.3 Å². The van der Waals surface area contributed by atoms with Crippen molar-refractivity contribution in [2.45, 2.75) is 0 Å². The molecule has 9 heteroatoms. The van der Waals surface area contributed by atoms with Crippen LogP contribution in [0.15, 0.2) is 40.9 Å². The van der Waals surface area contributed by atoms with Gasteiger partial charge in [-0.15, -0.1) is 0 Å². The number of anilines is 2. The molecule has 0 radical (unpaired) electrons. The maximum atomic E-state index is 12.4. The summed E-state index contributed by atoms with van der Waals surface area (Å²) in [5, 5.41) is 7.83. The largest absolute Gasteiger partial charge is 0.495 e. The molecule has 0 unspecified atom stereocenters. The van der Waals surface area contributed by atoms with Gasteiger partial charge in [0.2, 0.25) is 5.88 Å². The van der Waals surface area contributed by atoms with Crippen LogP contribution in [0.25, 0.3) is 11.3 Å². The van der Waals surface area contributed by atoms with Gasteiger partial charge in [0.1, 0.15) is 17.2 Å². The SMILES string of the molecule is COC(=O)c1c(-c2cccc(Cl)c2)noc1Nc1cc(Cl)c(OC)cc1OC. The third-order valence-electron chi connectivity index (χ3n) is 3.90. The van der Waals surface area contributed by atoms with E-state index < -0.39 is 5.97 Å². The molecule has 0 aliphatic rings. The molecule has 0 atom stereocenters. The third kappa shape index (κ3) is 3.85. The summed E-state index contributed by atoms with van der Waals surface area (Å²) in [7, 11) is 4.26. The summed E-state index contributed by atoms with van der Waals surface area (Å²) in [6, 6.07) is 10.1. The maximum Gasteiger partial charge on any atom is 0.345 e. The molecule has 1 N–H and O–H groups in total. The lowest BCUT2D eigenvalue weighted by atomic mass is 10.1. The van der Waals surface area contributed by atoms with E-state index in [1.54, 1.807) is 36.4 Å². The highest BCUT2D eigenvalue weighted by molar-refractivity contribution is 6.32. The average molecular weight is 423 g/mol. The topological polar surface area (TPSA) is 82.8 Å². The summed E-state index contributed by atoms with van der Waals surface area (Å²) < 4.78 is 20.8. The van der Waals surface area contributed by atoms with Gasteiger partial charge in [0.15, 0.2) is 5.56 Å². The zero-order valence-electron chi connectivity index (χ0n) is 15.2. The Morgan fingerprint density at radius 2 is 1.82 bits per heavy atom. The molecule has 0 amide bonds. The fourth-order valence-corrected chi connectivity index (χ4v) is 3.01. The molecule has 1 aromatic heterocycles. The molecule has 0 aliphatic heterocycles. The Labute approximate surface area is 171 Å². The van der Waals surface area contributed by atoms with Crippen molar-refractivity contribution >= 4 is 40.7 Å². The molecule has 2 aromatic carbocycles. The van der Waals surface area contributed by atoms with Gasteiger partial charge in [0, 0.05) is 16.7 Å². The number of rotatable bonds is 6. The number of ether oxygens (including phenoxy) is 3. The molecule has 7 nitrogen and oxygen atoms in total. The first-order valence-corrected chi connectivity index (χ1v) is 8.76. The Balaban J connectivity index is 2.09. The molecule has 0 bridgehead atoms. The number of aromatic nitrogens is 1. The average Bonchev–Trinajstić information content (AvgIpc) is 3.11. The van der Waals surface area contributed by atoms with Gasteiger partial charge in [-0.25, -0.2) is 4.79 Å². The summed E-state index contributed by atoms with van der Waals surface area (Å²) in [5.74, 6) is 0.311. The molecule has 3 rings (SSSR count). The quantitative estimate of drug-likeness (QED) is 0.546. The van der Waals surface area contributed by atoms with Crippen molar-refractivity contribution in [3.8, 4) is 22.8 Å².